The fourth-order valence-electron chi connectivity index (χ4n) is 2.70. The zero-order chi connectivity index (χ0) is 16.9. The molecular formula is C17H18N4O2S. The molecule has 124 valence electrons. The van der Waals surface area contributed by atoms with Gasteiger partial charge in [-0.2, -0.15) is 5.26 Å². The number of carbonyl (C=O) groups is 1. The number of hydrogen-bond donors (Lipinski definition) is 3. The first-order valence-corrected chi connectivity index (χ1v) is 8.65. The van der Waals surface area contributed by atoms with E-state index in [-0.39, 0.29) is 23.1 Å². The first-order valence-electron chi connectivity index (χ1n) is 7.84. The number of rotatable bonds is 4. The molecule has 1 amide bonds. The van der Waals surface area contributed by atoms with E-state index < -0.39 is 0 Å². The molecule has 2 heterocycles. The van der Waals surface area contributed by atoms with Crippen LogP contribution in [-0.2, 0) is 11.3 Å². The van der Waals surface area contributed by atoms with Crippen LogP contribution in [0.25, 0.3) is 10.4 Å². The minimum atomic E-state index is -0.0378. The highest BCUT2D eigenvalue weighted by molar-refractivity contribution is 7.15. The number of nitrogens with one attached hydrogen (secondary N) is 2. The Bertz CT molecular complexity index is 775. The highest BCUT2D eigenvalue weighted by atomic mass is 32.1. The molecule has 2 aromatic rings. The van der Waals surface area contributed by atoms with Crippen molar-refractivity contribution in [3.63, 3.8) is 0 Å². The lowest BCUT2D eigenvalue weighted by molar-refractivity contribution is -0.125. The normalized spacial score (nSPS) is 15.0. The quantitative estimate of drug-likeness (QED) is 0.789. The number of amides is 1. The van der Waals surface area contributed by atoms with Gasteiger partial charge in [0.05, 0.1) is 17.0 Å². The van der Waals surface area contributed by atoms with Gasteiger partial charge in [0.1, 0.15) is 16.8 Å². The number of phenols is 1. The summed E-state index contributed by atoms with van der Waals surface area (Å²) in [6, 6.07) is 6.86. The minimum absolute atomic E-state index is 0.0378. The molecule has 24 heavy (non-hydrogen) atoms. The van der Waals surface area contributed by atoms with Crippen LogP contribution < -0.4 is 10.6 Å². The molecule has 1 aromatic carbocycles. The average Bonchev–Trinajstić information content (AvgIpc) is 3.09. The Balaban J connectivity index is 1.62. The molecule has 0 bridgehead atoms. The average molecular weight is 342 g/mol. The van der Waals surface area contributed by atoms with Crippen LogP contribution >= 0.6 is 11.3 Å². The Morgan fingerprint density at radius 1 is 1.46 bits per heavy atom. The third-order valence-corrected chi connectivity index (χ3v) is 5.13. The van der Waals surface area contributed by atoms with Crippen LogP contribution in [0.2, 0.25) is 0 Å². The summed E-state index contributed by atoms with van der Waals surface area (Å²) in [6.45, 7) is 2.19. The van der Waals surface area contributed by atoms with Crippen molar-refractivity contribution >= 4 is 17.2 Å². The third-order valence-electron chi connectivity index (χ3n) is 4.08. The highest BCUT2D eigenvalue weighted by Crippen LogP contribution is 2.30. The van der Waals surface area contributed by atoms with Gasteiger partial charge in [0.2, 0.25) is 5.91 Å². The molecule has 1 aromatic heterocycles. The summed E-state index contributed by atoms with van der Waals surface area (Å²) in [7, 11) is 0. The molecule has 1 aliphatic heterocycles. The van der Waals surface area contributed by atoms with E-state index in [0.717, 1.165) is 41.4 Å². The van der Waals surface area contributed by atoms with Crippen molar-refractivity contribution in [1.82, 2.24) is 15.6 Å². The number of thiazole rings is 1. The lowest BCUT2D eigenvalue weighted by Gasteiger charge is -2.21. The highest BCUT2D eigenvalue weighted by Gasteiger charge is 2.20. The number of carbonyl (C=O) groups excluding carboxylic acids is 1. The third kappa shape index (κ3) is 3.72. The number of benzene rings is 1. The van der Waals surface area contributed by atoms with Gasteiger partial charge in [-0.3, -0.25) is 4.79 Å². The van der Waals surface area contributed by atoms with Crippen molar-refractivity contribution in [2.75, 3.05) is 13.1 Å². The van der Waals surface area contributed by atoms with Crippen molar-refractivity contribution in [3.05, 3.63) is 35.0 Å². The number of nitriles is 1. The second-order valence-corrected chi connectivity index (χ2v) is 6.82. The summed E-state index contributed by atoms with van der Waals surface area (Å²) in [5.41, 5.74) is 1.05. The molecule has 3 N–H and O–H groups in total. The first kappa shape index (κ1) is 16.4. The first-order chi connectivity index (χ1) is 11.7. The van der Waals surface area contributed by atoms with Gasteiger partial charge in [0.25, 0.3) is 0 Å². The molecule has 0 aliphatic carbocycles. The van der Waals surface area contributed by atoms with Gasteiger partial charge in [0, 0.05) is 12.1 Å². The van der Waals surface area contributed by atoms with Gasteiger partial charge in [-0.1, -0.05) is 6.07 Å². The monoisotopic (exact) mass is 342 g/mol. The predicted octanol–water partition coefficient (Wildman–Crippen LogP) is 2.00. The summed E-state index contributed by atoms with van der Waals surface area (Å²) in [6.07, 6.45) is 3.47. The van der Waals surface area contributed by atoms with Crippen LogP contribution in [0, 0.1) is 17.2 Å². The number of hydrogen-bond acceptors (Lipinski definition) is 6. The second kappa shape index (κ2) is 7.43. The topological polar surface area (TPSA) is 98.0 Å². The molecule has 1 fully saturated rings. The molecular weight excluding hydrogens is 324 g/mol. The maximum Gasteiger partial charge on any atom is 0.223 e. The van der Waals surface area contributed by atoms with Crippen molar-refractivity contribution in [2.45, 2.75) is 19.4 Å². The minimum Gasteiger partial charge on any atom is -0.507 e. The van der Waals surface area contributed by atoms with E-state index in [0.29, 0.717) is 6.54 Å². The maximum atomic E-state index is 12.1. The van der Waals surface area contributed by atoms with Crippen molar-refractivity contribution in [2.24, 2.45) is 5.92 Å². The standard InChI is InChI=1S/C17H18N4O2S/c18-8-13-2-1-12(7-14(13)22)15-9-20-16(24-15)10-21-17(23)11-3-5-19-6-4-11/h1-2,7,9,11,19,22H,3-6,10H2,(H,21,23). The van der Waals surface area contributed by atoms with Gasteiger partial charge < -0.3 is 15.7 Å². The van der Waals surface area contributed by atoms with Gasteiger partial charge in [-0.05, 0) is 43.6 Å². The van der Waals surface area contributed by atoms with Gasteiger partial charge in [-0.25, -0.2) is 4.98 Å². The summed E-state index contributed by atoms with van der Waals surface area (Å²) in [4.78, 5) is 17.4. The van der Waals surface area contributed by atoms with Crippen LogP contribution in [0.5, 0.6) is 5.75 Å². The van der Waals surface area contributed by atoms with E-state index in [9.17, 15) is 9.90 Å². The van der Waals surface area contributed by atoms with Crippen LogP contribution in [0.1, 0.15) is 23.4 Å². The molecule has 0 atom stereocenters. The van der Waals surface area contributed by atoms with Crippen LogP contribution in [0.4, 0.5) is 0 Å². The Hall–Kier alpha value is -2.43. The molecule has 0 unspecified atom stereocenters. The molecule has 3 rings (SSSR count). The number of nitrogens with zero attached hydrogens (tertiary/aromatic N) is 2. The second-order valence-electron chi connectivity index (χ2n) is 5.70. The van der Waals surface area contributed by atoms with Crippen molar-refractivity contribution in [3.8, 4) is 22.3 Å². The van der Waals surface area contributed by atoms with E-state index in [2.05, 4.69) is 15.6 Å². The molecule has 1 saturated heterocycles. The number of piperidine rings is 1. The van der Waals surface area contributed by atoms with Crippen molar-refractivity contribution < 1.29 is 9.90 Å². The zero-order valence-corrected chi connectivity index (χ0v) is 13.9. The number of aromatic nitrogens is 1. The zero-order valence-electron chi connectivity index (χ0n) is 13.1. The number of aromatic hydroxyl groups is 1. The Labute approximate surface area is 144 Å². The molecule has 0 saturated carbocycles. The van der Waals surface area contributed by atoms with E-state index in [4.69, 9.17) is 5.26 Å². The van der Waals surface area contributed by atoms with Gasteiger partial charge in [-0.15, -0.1) is 11.3 Å². The van der Waals surface area contributed by atoms with Gasteiger partial charge in [0.15, 0.2) is 0 Å². The predicted molar refractivity (Wildman–Crippen MR) is 91.4 cm³/mol. The molecule has 0 radical (unpaired) electrons. The summed E-state index contributed by atoms with van der Waals surface area (Å²) < 4.78 is 0. The summed E-state index contributed by atoms with van der Waals surface area (Å²) in [5, 5.41) is 25.6. The fraction of sp³-hybridized carbons (Fsp3) is 0.353. The SMILES string of the molecule is N#Cc1ccc(-c2cnc(CNC(=O)C3CCNCC3)s2)cc1O. The lowest BCUT2D eigenvalue weighted by atomic mass is 9.97. The Morgan fingerprint density at radius 3 is 2.96 bits per heavy atom. The Morgan fingerprint density at radius 2 is 2.25 bits per heavy atom. The van der Waals surface area contributed by atoms with E-state index in [1.807, 2.05) is 6.07 Å². The van der Waals surface area contributed by atoms with E-state index in [1.165, 1.54) is 11.3 Å². The maximum absolute atomic E-state index is 12.1. The van der Waals surface area contributed by atoms with E-state index >= 15 is 0 Å². The smallest absolute Gasteiger partial charge is 0.223 e. The van der Waals surface area contributed by atoms with Gasteiger partial charge >= 0.3 is 0 Å². The van der Waals surface area contributed by atoms with Crippen molar-refractivity contribution in [1.29, 1.82) is 5.26 Å². The largest absolute Gasteiger partial charge is 0.507 e. The fourth-order valence-corrected chi connectivity index (χ4v) is 3.55. The molecule has 7 heteroatoms. The molecule has 6 nitrogen and oxygen atoms in total. The number of phenolic OH excluding ortho intramolecular Hbond substituents is 1. The Kier molecular flexibility index (Phi) is 5.08. The van der Waals surface area contributed by atoms with Crippen LogP contribution in [0.15, 0.2) is 24.4 Å². The van der Waals surface area contributed by atoms with E-state index in [1.54, 1.807) is 24.4 Å². The summed E-state index contributed by atoms with van der Waals surface area (Å²) >= 11 is 1.46. The summed E-state index contributed by atoms with van der Waals surface area (Å²) in [5.74, 6) is 0.134. The molecule has 0 spiro atoms. The lowest BCUT2D eigenvalue weighted by Crippen LogP contribution is -2.37. The van der Waals surface area contributed by atoms with Crippen LogP contribution in [0.3, 0.4) is 0 Å². The molecule has 1 aliphatic rings. The van der Waals surface area contributed by atoms with Crippen LogP contribution in [-0.4, -0.2) is 29.1 Å².